The maximum atomic E-state index is 12.1. The molecule has 0 aromatic heterocycles. The number of nitriles is 1. The number of hydrogen-bond acceptors (Lipinski definition) is 6. The first-order valence-electron chi connectivity index (χ1n) is 11.6. The van der Waals surface area contributed by atoms with E-state index in [1.807, 2.05) is 37.3 Å². The Morgan fingerprint density at radius 2 is 1.70 bits per heavy atom. The van der Waals surface area contributed by atoms with E-state index in [9.17, 15) is 9.59 Å². The maximum Gasteiger partial charge on any atom is 0.329 e. The predicted molar refractivity (Wildman–Crippen MR) is 141 cm³/mol. The number of anilines is 1. The van der Waals surface area contributed by atoms with Crippen LogP contribution in [0.5, 0.6) is 11.5 Å². The van der Waals surface area contributed by atoms with Crippen molar-refractivity contribution in [2.24, 2.45) is 5.10 Å². The molecule has 0 saturated heterocycles. The first-order valence-corrected chi connectivity index (χ1v) is 11.6. The van der Waals surface area contributed by atoms with E-state index in [0.29, 0.717) is 41.5 Å². The van der Waals surface area contributed by atoms with E-state index in [4.69, 9.17) is 14.7 Å². The first kappa shape index (κ1) is 24.9. The van der Waals surface area contributed by atoms with Gasteiger partial charge in [0.2, 0.25) is 0 Å². The van der Waals surface area contributed by atoms with E-state index in [0.717, 1.165) is 16.3 Å². The van der Waals surface area contributed by atoms with Gasteiger partial charge in [-0.3, -0.25) is 9.59 Å². The molecule has 184 valence electrons. The van der Waals surface area contributed by atoms with Crippen molar-refractivity contribution in [3.63, 3.8) is 0 Å². The number of nitrogens with zero attached hydrogens (tertiary/aromatic N) is 2. The number of ether oxygens (including phenoxy) is 2. The highest BCUT2D eigenvalue weighted by Gasteiger charge is 2.13. The lowest BCUT2D eigenvalue weighted by Crippen LogP contribution is -2.32. The molecule has 37 heavy (non-hydrogen) atoms. The monoisotopic (exact) mass is 492 g/mol. The minimum absolute atomic E-state index is 0.374. The zero-order valence-corrected chi connectivity index (χ0v) is 20.1. The summed E-state index contributed by atoms with van der Waals surface area (Å²) in [4.78, 5) is 24.1. The highest BCUT2D eigenvalue weighted by Crippen LogP contribution is 2.30. The Balaban J connectivity index is 1.38. The van der Waals surface area contributed by atoms with Crippen LogP contribution in [-0.2, 0) is 16.2 Å². The molecule has 2 N–H and O–H groups in total. The fourth-order valence-electron chi connectivity index (χ4n) is 3.60. The van der Waals surface area contributed by atoms with Gasteiger partial charge in [0.25, 0.3) is 0 Å². The number of hydrogen-bond donors (Lipinski definition) is 2. The van der Waals surface area contributed by atoms with Gasteiger partial charge < -0.3 is 14.8 Å². The quantitative estimate of drug-likeness (QED) is 0.209. The van der Waals surface area contributed by atoms with Gasteiger partial charge in [-0.25, -0.2) is 5.43 Å². The van der Waals surface area contributed by atoms with E-state index < -0.39 is 11.8 Å². The van der Waals surface area contributed by atoms with E-state index in [2.05, 4.69) is 34.0 Å². The Morgan fingerprint density at radius 1 is 0.919 bits per heavy atom. The summed E-state index contributed by atoms with van der Waals surface area (Å²) in [6, 6.07) is 27.7. The third-order valence-corrected chi connectivity index (χ3v) is 5.39. The van der Waals surface area contributed by atoms with Gasteiger partial charge in [-0.1, -0.05) is 42.5 Å². The molecule has 8 heteroatoms. The summed E-state index contributed by atoms with van der Waals surface area (Å²) in [5.74, 6) is -0.691. The largest absolute Gasteiger partial charge is 0.490 e. The molecule has 0 radical (unpaired) electrons. The molecule has 0 unspecified atom stereocenters. The van der Waals surface area contributed by atoms with Gasteiger partial charge in [0.1, 0.15) is 6.61 Å². The average molecular weight is 493 g/mol. The molecule has 4 aromatic carbocycles. The molecule has 0 atom stereocenters. The number of rotatable bonds is 8. The van der Waals surface area contributed by atoms with Gasteiger partial charge in [0.05, 0.1) is 24.5 Å². The number of hydrazone groups is 1. The van der Waals surface area contributed by atoms with E-state index >= 15 is 0 Å². The Morgan fingerprint density at radius 3 is 2.49 bits per heavy atom. The molecule has 0 aliphatic carbocycles. The number of amides is 2. The number of carbonyl (C=O) groups is 2. The van der Waals surface area contributed by atoms with Gasteiger partial charge in [0.15, 0.2) is 11.5 Å². The summed E-state index contributed by atoms with van der Waals surface area (Å²) >= 11 is 0. The van der Waals surface area contributed by atoms with Crippen LogP contribution in [0, 0.1) is 11.3 Å². The second-order valence-electron chi connectivity index (χ2n) is 7.91. The van der Waals surface area contributed by atoms with Crippen LogP contribution in [0.15, 0.2) is 90.0 Å². The normalized spacial score (nSPS) is 10.6. The first-order chi connectivity index (χ1) is 18.1. The van der Waals surface area contributed by atoms with Gasteiger partial charge in [-0.2, -0.15) is 10.4 Å². The highest BCUT2D eigenvalue weighted by molar-refractivity contribution is 6.39. The molecular formula is C29H24N4O4. The fraction of sp³-hybridized carbons (Fsp3) is 0.103. The molecule has 0 aliphatic heterocycles. The van der Waals surface area contributed by atoms with Crippen LogP contribution in [0.25, 0.3) is 10.8 Å². The standard InChI is InChI=1S/C29H24N4O4/c1-2-36-27-16-21(18-31-33-29(35)28(34)32-24-13-10-20(17-30)11-14-24)12-15-26(27)37-19-23-8-5-7-22-6-3-4-9-25(22)23/h3-16,18H,2,19H2,1H3,(H,32,34)(H,33,35). The van der Waals surface area contributed by atoms with Crippen LogP contribution in [-0.4, -0.2) is 24.6 Å². The van der Waals surface area contributed by atoms with Crippen molar-refractivity contribution in [2.75, 3.05) is 11.9 Å². The van der Waals surface area contributed by atoms with Gasteiger partial charge in [-0.05, 0) is 71.3 Å². The van der Waals surface area contributed by atoms with E-state index in [1.54, 1.807) is 18.2 Å². The third-order valence-electron chi connectivity index (χ3n) is 5.39. The van der Waals surface area contributed by atoms with Crippen LogP contribution in [0.2, 0.25) is 0 Å². The lowest BCUT2D eigenvalue weighted by atomic mass is 10.1. The molecule has 0 saturated carbocycles. The smallest absolute Gasteiger partial charge is 0.329 e. The Bertz CT molecular complexity index is 1490. The molecule has 0 bridgehead atoms. The van der Waals surface area contributed by atoms with Crippen LogP contribution in [0.4, 0.5) is 5.69 Å². The zero-order valence-electron chi connectivity index (χ0n) is 20.1. The topological polar surface area (TPSA) is 113 Å². The second-order valence-corrected chi connectivity index (χ2v) is 7.91. The summed E-state index contributed by atoms with van der Waals surface area (Å²) in [7, 11) is 0. The molecule has 0 fully saturated rings. The Kier molecular flexibility index (Phi) is 8.09. The van der Waals surface area contributed by atoms with Crippen LogP contribution >= 0.6 is 0 Å². The molecule has 2 amide bonds. The van der Waals surface area contributed by atoms with Gasteiger partial charge in [0, 0.05) is 5.69 Å². The second kappa shape index (κ2) is 12.0. The number of nitrogens with one attached hydrogen (secondary N) is 2. The average Bonchev–Trinajstić information content (AvgIpc) is 2.93. The summed E-state index contributed by atoms with van der Waals surface area (Å²) in [6.07, 6.45) is 1.41. The molecule has 0 heterocycles. The minimum Gasteiger partial charge on any atom is -0.490 e. The van der Waals surface area contributed by atoms with Crippen molar-refractivity contribution >= 4 is 34.5 Å². The molecule has 4 rings (SSSR count). The summed E-state index contributed by atoms with van der Waals surface area (Å²) in [6.45, 7) is 2.69. The van der Waals surface area contributed by atoms with Crippen molar-refractivity contribution in [2.45, 2.75) is 13.5 Å². The summed E-state index contributed by atoms with van der Waals surface area (Å²) in [5.41, 5.74) is 4.75. The van der Waals surface area contributed by atoms with Crippen molar-refractivity contribution in [3.05, 3.63) is 102 Å². The third kappa shape index (κ3) is 6.50. The molecule has 0 aliphatic rings. The summed E-state index contributed by atoms with van der Waals surface area (Å²) in [5, 5.41) is 17.4. The highest BCUT2D eigenvalue weighted by atomic mass is 16.5. The van der Waals surface area contributed by atoms with Crippen molar-refractivity contribution in [1.82, 2.24) is 5.43 Å². The van der Waals surface area contributed by atoms with E-state index in [1.165, 1.54) is 30.5 Å². The predicted octanol–water partition coefficient (Wildman–Crippen LogP) is 4.78. The fourth-order valence-corrected chi connectivity index (χ4v) is 3.60. The molecular weight excluding hydrogens is 468 g/mol. The number of fused-ring (bicyclic) bond motifs is 1. The minimum atomic E-state index is -0.930. The zero-order chi connectivity index (χ0) is 26.0. The Hall–Kier alpha value is -5.16. The van der Waals surface area contributed by atoms with Crippen LogP contribution in [0.1, 0.15) is 23.6 Å². The Labute approximate surface area is 214 Å². The van der Waals surface area contributed by atoms with Crippen molar-refractivity contribution in [1.29, 1.82) is 5.26 Å². The van der Waals surface area contributed by atoms with Gasteiger partial charge >= 0.3 is 11.8 Å². The SMILES string of the molecule is CCOc1cc(C=NNC(=O)C(=O)Nc2ccc(C#N)cc2)ccc1OCc1cccc2ccccc12. The van der Waals surface area contributed by atoms with Gasteiger partial charge in [-0.15, -0.1) is 0 Å². The number of benzene rings is 4. The molecule has 0 spiro atoms. The number of carbonyl (C=O) groups excluding carboxylic acids is 2. The van der Waals surface area contributed by atoms with E-state index in [-0.39, 0.29) is 0 Å². The van der Waals surface area contributed by atoms with Crippen molar-refractivity contribution < 1.29 is 19.1 Å². The maximum absolute atomic E-state index is 12.1. The molecule has 4 aromatic rings. The molecule has 8 nitrogen and oxygen atoms in total. The van der Waals surface area contributed by atoms with Crippen LogP contribution in [0.3, 0.4) is 0 Å². The lowest BCUT2D eigenvalue weighted by molar-refractivity contribution is -0.136. The van der Waals surface area contributed by atoms with Crippen LogP contribution < -0.4 is 20.2 Å². The summed E-state index contributed by atoms with van der Waals surface area (Å²) < 4.78 is 11.8. The van der Waals surface area contributed by atoms with Crippen molar-refractivity contribution in [3.8, 4) is 17.6 Å². The lowest BCUT2D eigenvalue weighted by Gasteiger charge is -2.13.